The highest BCUT2D eigenvalue weighted by molar-refractivity contribution is 7.14. The number of carbonyl (C=O) groups excluding carboxylic acids is 1. The van der Waals surface area contributed by atoms with Crippen molar-refractivity contribution >= 4 is 22.4 Å². The highest BCUT2D eigenvalue weighted by Crippen LogP contribution is 2.29. The monoisotopic (exact) mass is 293 g/mol. The average Bonchev–Trinajstić information content (AvgIpc) is 3.02. The van der Waals surface area contributed by atoms with Crippen LogP contribution in [-0.4, -0.2) is 29.7 Å². The van der Waals surface area contributed by atoms with Gasteiger partial charge in [-0.1, -0.05) is 0 Å². The van der Waals surface area contributed by atoms with Gasteiger partial charge >= 0.3 is 5.97 Å². The molecule has 108 valence electrons. The number of nitrogens with one attached hydrogen (secondary N) is 1. The van der Waals surface area contributed by atoms with Crippen molar-refractivity contribution in [2.45, 2.75) is 26.8 Å². The van der Waals surface area contributed by atoms with E-state index in [-0.39, 0.29) is 5.97 Å². The van der Waals surface area contributed by atoms with E-state index in [4.69, 9.17) is 0 Å². The van der Waals surface area contributed by atoms with Crippen LogP contribution in [0.1, 0.15) is 17.8 Å². The number of esters is 1. The van der Waals surface area contributed by atoms with Crippen LogP contribution in [0.3, 0.4) is 0 Å². The zero-order chi connectivity index (χ0) is 14.7. The molecule has 0 aliphatic rings. The topological polar surface area (TPSA) is 56.2 Å². The first kappa shape index (κ1) is 14.6. The van der Waals surface area contributed by atoms with Crippen LogP contribution in [-0.2, 0) is 16.1 Å². The minimum Gasteiger partial charge on any atom is -0.469 e. The Morgan fingerprint density at radius 2 is 2.25 bits per heavy atom. The smallest absolute Gasteiger partial charge is 0.307 e. The van der Waals surface area contributed by atoms with Crippen LogP contribution in [0.4, 0.5) is 5.13 Å². The number of aromatic nitrogens is 2. The van der Waals surface area contributed by atoms with E-state index in [1.165, 1.54) is 7.11 Å². The number of methoxy groups -OCH3 is 1. The Labute approximate surface area is 122 Å². The SMILES string of the molecule is CNc1nc(-c2cc(C)n(CCC(=O)OC)c2C)cs1. The van der Waals surface area contributed by atoms with E-state index in [0.717, 1.165) is 27.8 Å². The summed E-state index contributed by atoms with van der Waals surface area (Å²) in [6, 6.07) is 2.11. The third kappa shape index (κ3) is 2.85. The summed E-state index contributed by atoms with van der Waals surface area (Å²) in [5.74, 6) is -0.190. The number of carbonyl (C=O) groups is 1. The second-order valence-corrected chi connectivity index (χ2v) is 5.41. The lowest BCUT2D eigenvalue weighted by atomic mass is 10.2. The lowest BCUT2D eigenvalue weighted by molar-refractivity contribution is -0.140. The zero-order valence-electron chi connectivity index (χ0n) is 12.2. The number of rotatable bonds is 5. The van der Waals surface area contributed by atoms with Crippen molar-refractivity contribution in [1.82, 2.24) is 9.55 Å². The molecule has 0 amide bonds. The molecular formula is C14H19N3O2S. The van der Waals surface area contributed by atoms with E-state index in [1.807, 2.05) is 19.4 Å². The lowest BCUT2D eigenvalue weighted by Gasteiger charge is -2.08. The van der Waals surface area contributed by atoms with Crippen LogP contribution in [0.15, 0.2) is 11.4 Å². The number of hydrogen-bond acceptors (Lipinski definition) is 5. The molecule has 0 atom stereocenters. The molecule has 2 aromatic rings. The number of ether oxygens (including phenoxy) is 1. The average molecular weight is 293 g/mol. The summed E-state index contributed by atoms with van der Waals surface area (Å²) in [6.07, 6.45) is 0.380. The van der Waals surface area contributed by atoms with Crippen molar-refractivity contribution in [3.05, 3.63) is 22.8 Å². The quantitative estimate of drug-likeness (QED) is 0.861. The fraction of sp³-hybridized carbons (Fsp3) is 0.429. The largest absolute Gasteiger partial charge is 0.469 e. The molecule has 2 heterocycles. The van der Waals surface area contributed by atoms with Gasteiger partial charge in [-0.05, 0) is 19.9 Å². The molecule has 6 heteroatoms. The summed E-state index contributed by atoms with van der Waals surface area (Å²) in [4.78, 5) is 15.8. The van der Waals surface area contributed by atoms with Crippen molar-refractivity contribution in [2.24, 2.45) is 0 Å². The minimum atomic E-state index is -0.190. The molecule has 20 heavy (non-hydrogen) atoms. The fourth-order valence-electron chi connectivity index (χ4n) is 2.22. The van der Waals surface area contributed by atoms with Crippen LogP contribution >= 0.6 is 11.3 Å². The van der Waals surface area contributed by atoms with Gasteiger partial charge in [0.1, 0.15) is 0 Å². The first-order valence-electron chi connectivity index (χ1n) is 6.44. The van der Waals surface area contributed by atoms with E-state index in [9.17, 15) is 4.79 Å². The maximum Gasteiger partial charge on any atom is 0.307 e. The molecule has 0 bridgehead atoms. The maximum absolute atomic E-state index is 11.3. The van der Waals surface area contributed by atoms with E-state index in [2.05, 4.69) is 32.6 Å². The molecule has 0 radical (unpaired) electrons. The van der Waals surface area contributed by atoms with Crippen molar-refractivity contribution in [3.63, 3.8) is 0 Å². The molecule has 0 saturated carbocycles. The lowest BCUT2D eigenvalue weighted by Crippen LogP contribution is -2.09. The van der Waals surface area contributed by atoms with Gasteiger partial charge in [-0.15, -0.1) is 11.3 Å². The third-order valence-electron chi connectivity index (χ3n) is 3.33. The van der Waals surface area contributed by atoms with Gasteiger partial charge in [0.2, 0.25) is 0 Å². The fourth-order valence-corrected chi connectivity index (χ4v) is 2.89. The third-order valence-corrected chi connectivity index (χ3v) is 4.19. The summed E-state index contributed by atoms with van der Waals surface area (Å²) < 4.78 is 6.82. The Morgan fingerprint density at radius 1 is 1.50 bits per heavy atom. The molecule has 0 aliphatic carbocycles. The minimum absolute atomic E-state index is 0.190. The van der Waals surface area contributed by atoms with Gasteiger partial charge < -0.3 is 14.6 Å². The van der Waals surface area contributed by atoms with Crippen molar-refractivity contribution in [3.8, 4) is 11.3 Å². The van der Waals surface area contributed by atoms with Crippen LogP contribution in [0.25, 0.3) is 11.3 Å². The zero-order valence-corrected chi connectivity index (χ0v) is 13.0. The second-order valence-electron chi connectivity index (χ2n) is 4.55. The first-order valence-corrected chi connectivity index (χ1v) is 7.32. The number of thiazole rings is 1. The van der Waals surface area contributed by atoms with Crippen molar-refractivity contribution < 1.29 is 9.53 Å². The number of hydrogen-bond donors (Lipinski definition) is 1. The van der Waals surface area contributed by atoms with Crippen LogP contribution in [0.5, 0.6) is 0 Å². The van der Waals surface area contributed by atoms with Gasteiger partial charge in [0.25, 0.3) is 0 Å². The first-order chi connectivity index (χ1) is 9.56. The molecule has 0 saturated heterocycles. The predicted octanol–water partition coefficient (Wildman–Crippen LogP) is 2.83. The molecule has 0 unspecified atom stereocenters. The molecule has 0 spiro atoms. The summed E-state index contributed by atoms with van der Waals surface area (Å²) in [7, 11) is 3.28. The molecule has 0 fully saturated rings. The maximum atomic E-state index is 11.3. The summed E-state index contributed by atoms with van der Waals surface area (Å²) in [6.45, 7) is 4.73. The molecule has 2 rings (SSSR count). The molecule has 5 nitrogen and oxygen atoms in total. The Hall–Kier alpha value is -1.82. The Bertz CT molecular complexity index is 616. The Morgan fingerprint density at radius 3 is 2.85 bits per heavy atom. The number of nitrogens with zero attached hydrogens (tertiary/aromatic N) is 2. The second kappa shape index (κ2) is 6.09. The predicted molar refractivity (Wildman–Crippen MR) is 81.2 cm³/mol. The van der Waals surface area contributed by atoms with Crippen LogP contribution in [0.2, 0.25) is 0 Å². The summed E-state index contributed by atoms with van der Waals surface area (Å²) >= 11 is 1.58. The van der Waals surface area contributed by atoms with Gasteiger partial charge in [0.15, 0.2) is 5.13 Å². The van der Waals surface area contributed by atoms with Crippen LogP contribution in [0, 0.1) is 13.8 Å². The summed E-state index contributed by atoms with van der Waals surface area (Å²) in [5.41, 5.74) is 4.33. The molecule has 2 aromatic heterocycles. The Balaban J connectivity index is 2.26. The van der Waals surface area contributed by atoms with E-state index >= 15 is 0 Å². The highest BCUT2D eigenvalue weighted by atomic mass is 32.1. The van der Waals surface area contributed by atoms with Gasteiger partial charge in [0, 0.05) is 35.9 Å². The standard InChI is InChI=1S/C14H19N3O2S/c1-9-7-11(12-8-20-14(15-3)16-12)10(2)17(9)6-5-13(18)19-4/h7-8H,5-6H2,1-4H3,(H,15,16). The van der Waals surface area contributed by atoms with E-state index in [1.54, 1.807) is 11.3 Å². The normalized spacial score (nSPS) is 10.6. The summed E-state index contributed by atoms with van der Waals surface area (Å²) in [5, 5.41) is 5.99. The van der Waals surface area contributed by atoms with Gasteiger partial charge in [-0.3, -0.25) is 4.79 Å². The van der Waals surface area contributed by atoms with E-state index < -0.39 is 0 Å². The van der Waals surface area contributed by atoms with E-state index in [0.29, 0.717) is 13.0 Å². The number of anilines is 1. The van der Waals surface area contributed by atoms with Gasteiger partial charge in [0.05, 0.1) is 19.2 Å². The Kier molecular flexibility index (Phi) is 4.44. The molecule has 0 aromatic carbocycles. The molecule has 1 N–H and O–H groups in total. The molecular weight excluding hydrogens is 274 g/mol. The van der Waals surface area contributed by atoms with Crippen molar-refractivity contribution in [2.75, 3.05) is 19.5 Å². The van der Waals surface area contributed by atoms with Gasteiger partial charge in [-0.2, -0.15) is 0 Å². The van der Waals surface area contributed by atoms with Gasteiger partial charge in [-0.25, -0.2) is 4.98 Å². The number of aryl methyl sites for hydroxylation is 1. The van der Waals surface area contributed by atoms with Crippen molar-refractivity contribution in [1.29, 1.82) is 0 Å². The van der Waals surface area contributed by atoms with Crippen LogP contribution < -0.4 is 5.32 Å². The highest BCUT2D eigenvalue weighted by Gasteiger charge is 2.14. The molecule has 0 aliphatic heterocycles.